The normalized spacial score (nSPS) is 20.0. The molecule has 4 rings (SSSR count). The number of carbonyl (C=O) groups is 2. The monoisotopic (exact) mass is 512 g/mol. The van der Waals surface area contributed by atoms with E-state index in [1.807, 2.05) is 0 Å². The fourth-order valence-electron chi connectivity index (χ4n) is 3.96. The minimum atomic E-state index is -5.24. The number of alkyl halides is 3. The van der Waals surface area contributed by atoms with E-state index in [-0.39, 0.29) is 27.9 Å². The number of fused-ring (bicyclic) bond motifs is 1. The van der Waals surface area contributed by atoms with Crippen LogP contribution in [-0.4, -0.2) is 27.7 Å². The zero-order valence-corrected chi connectivity index (χ0v) is 19.0. The number of carbonyl (C=O) groups excluding carboxylic acids is 2. The standard InChI is InChI=1S/C22H17F5N4O3S/c1-9-13-7-28-6-11(17(13)20(33)10(2)31(9)34)5-16(32)30-21-29-15(8-35-21)12-3-4-14(23)18(19(12)24)22(25,26)27/h3-4,6-10,31H,5H2,1-2H3,(H,29,30,32). The third kappa shape index (κ3) is 4.54. The van der Waals surface area contributed by atoms with E-state index in [9.17, 15) is 36.7 Å². The van der Waals surface area contributed by atoms with Gasteiger partial charge in [0.15, 0.2) is 5.13 Å². The van der Waals surface area contributed by atoms with Gasteiger partial charge in [-0.3, -0.25) is 14.6 Å². The van der Waals surface area contributed by atoms with Crippen molar-refractivity contribution in [3.05, 3.63) is 69.0 Å². The molecular weight excluding hydrogens is 495 g/mol. The molecule has 2 aromatic heterocycles. The lowest BCUT2D eigenvalue weighted by molar-refractivity contribution is -0.895. The fourth-order valence-corrected chi connectivity index (χ4v) is 4.69. The Morgan fingerprint density at radius 1 is 1.20 bits per heavy atom. The number of amides is 1. The first-order chi connectivity index (χ1) is 16.4. The van der Waals surface area contributed by atoms with E-state index in [4.69, 9.17) is 0 Å². The molecule has 2 N–H and O–H groups in total. The molecule has 1 aliphatic heterocycles. The lowest BCUT2D eigenvalue weighted by Crippen LogP contribution is -3.13. The molecule has 0 spiro atoms. The van der Waals surface area contributed by atoms with Gasteiger partial charge >= 0.3 is 6.18 Å². The largest absolute Gasteiger partial charge is 0.633 e. The van der Waals surface area contributed by atoms with Gasteiger partial charge in [-0.05, 0) is 31.5 Å². The summed E-state index contributed by atoms with van der Waals surface area (Å²) in [6, 6.07) is -0.0800. The minimum Gasteiger partial charge on any atom is -0.633 e. The first-order valence-electron chi connectivity index (χ1n) is 10.3. The Kier molecular flexibility index (Phi) is 6.42. The van der Waals surface area contributed by atoms with Crippen LogP contribution in [0, 0.1) is 16.8 Å². The number of nitrogens with one attached hydrogen (secondary N) is 2. The van der Waals surface area contributed by atoms with Crippen molar-refractivity contribution < 1.29 is 36.6 Å². The molecule has 0 radical (unpaired) electrons. The van der Waals surface area contributed by atoms with Crippen LogP contribution in [0.2, 0.25) is 0 Å². The number of anilines is 1. The summed E-state index contributed by atoms with van der Waals surface area (Å²) in [6.07, 6.45) is -2.75. The molecule has 0 saturated carbocycles. The molecule has 3 heterocycles. The molecule has 0 fully saturated rings. The molecule has 7 nitrogen and oxygen atoms in total. The summed E-state index contributed by atoms with van der Waals surface area (Å²) in [5, 5.41) is 15.7. The van der Waals surface area contributed by atoms with Crippen LogP contribution in [0.4, 0.5) is 27.1 Å². The number of hydrogen-bond donors (Lipinski definition) is 2. The maximum absolute atomic E-state index is 14.4. The highest BCUT2D eigenvalue weighted by atomic mass is 32.1. The Labute approximate surface area is 199 Å². The predicted octanol–water partition coefficient (Wildman–Crippen LogP) is 3.71. The predicted molar refractivity (Wildman–Crippen MR) is 116 cm³/mol. The molecule has 13 heteroatoms. The number of quaternary nitrogens is 1. The van der Waals surface area contributed by atoms with Gasteiger partial charge in [-0.25, -0.2) is 13.8 Å². The van der Waals surface area contributed by atoms with Gasteiger partial charge in [0.25, 0.3) is 0 Å². The van der Waals surface area contributed by atoms with Gasteiger partial charge in [0.05, 0.1) is 12.1 Å². The highest BCUT2D eigenvalue weighted by Crippen LogP contribution is 2.38. The van der Waals surface area contributed by atoms with Crippen LogP contribution in [0.25, 0.3) is 11.3 Å². The number of rotatable bonds is 4. The van der Waals surface area contributed by atoms with Crippen LogP contribution in [0.5, 0.6) is 0 Å². The molecule has 0 bridgehead atoms. The van der Waals surface area contributed by atoms with Gasteiger partial charge in [0, 0.05) is 34.5 Å². The number of Topliss-reactive ketones (excluding diaryl/α,β-unsaturated/α-hetero) is 1. The van der Waals surface area contributed by atoms with Crippen LogP contribution in [0.15, 0.2) is 29.9 Å². The van der Waals surface area contributed by atoms with Gasteiger partial charge in [-0.15, -0.1) is 11.3 Å². The summed E-state index contributed by atoms with van der Waals surface area (Å²) in [7, 11) is 0. The number of hydrogen-bond acceptors (Lipinski definition) is 6. The van der Waals surface area contributed by atoms with Crippen molar-refractivity contribution >= 4 is 28.2 Å². The zero-order valence-electron chi connectivity index (χ0n) is 18.2. The summed E-state index contributed by atoms with van der Waals surface area (Å²) in [5.41, 5.74) is -1.80. The van der Waals surface area contributed by atoms with Crippen LogP contribution < -0.4 is 10.4 Å². The van der Waals surface area contributed by atoms with E-state index in [1.165, 1.54) is 24.7 Å². The fraction of sp³-hybridized carbons (Fsp3) is 0.273. The first-order valence-corrected chi connectivity index (χ1v) is 11.1. The quantitative estimate of drug-likeness (QED) is 0.410. The highest BCUT2D eigenvalue weighted by molar-refractivity contribution is 7.14. The van der Waals surface area contributed by atoms with Gasteiger partial charge < -0.3 is 15.6 Å². The average molecular weight is 512 g/mol. The number of thiazole rings is 1. The minimum absolute atomic E-state index is 0.0386. The molecule has 0 saturated heterocycles. The van der Waals surface area contributed by atoms with Crippen LogP contribution >= 0.6 is 11.3 Å². The lowest BCUT2D eigenvalue weighted by atomic mass is 9.87. The maximum Gasteiger partial charge on any atom is 0.422 e. The molecule has 3 atom stereocenters. The Bertz CT molecular complexity index is 1330. The lowest BCUT2D eigenvalue weighted by Gasteiger charge is -2.39. The summed E-state index contributed by atoms with van der Waals surface area (Å²) < 4.78 is 67.0. The van der Waals surface area contributed by atoms with Crippen LogP contribution in [-0.2, 0) is 17.4 Å². The SMILES string of the molecule is CC1C(=O)c2c(CC(=O)Nc3nc(-c4ccc(F)c(C(F)(F)F)c4F)cs3)cncc2C(C)[NH+]1[O-]. The smallest absolute Gasteiger partial charge is 0.422 e. The van der Waals surface area contributed by atoms with Crippen molar-refractivity contribution in [3.8, 4) is 11.3 Å². The molecule has 3 unspecified atom stereocenters. The van der Waals surface area contributed by atoms with E-state index in [1.54, 1.807) is 6.92 Å². The molecule has 1 aromatic carbocycles. The van der Waals surface area contributed by atoms with E-state index in [0.717, 1.165) is 17.4 Å². The van der Waals surface area contributed by atoms with Gasteiger partial charge in [0.1, 0.15) is 29.3 Å². The summed E-state index contributed by atoms with van der Waals surface area (Å²) >= 11 is 0.828. The third-order valence-electron chi connectivity index (χ3n) is 5.77. The molecule has 0 aliphatic carbocycles. The van der Waals surface area contributed by atoms with Crippen LogP contribution in [0.1, 0.15) is 46.9 Å². The number of ketones is 1. The Balaban J connectivity index is 1.56. The van der Waals surface area contributed by atoms with Crippen molar-refractivity contribution in [2.24, 2.45) is 0 Å². The third-order valence-corrected chi connectivity index (χ3v) is 6.52. The average Bonchev–Trinajstić information content (AvgIpc) is 3.23. The maximum atomic E-state index is 14.4. The van der Waals surface area contributed by atoms with E-state index in [2.05, 4.69) is 15.3 Å². The Morgan fingerprint density at radius 2 is 1.91 bits per heavy atom. The number of nitrogens with zero attached hydrogens (tertiary/aromatic N) is 2. The first kappa shape index (κ1) is 24.8. The molecule has 35 heavy (non-hydrogen) atoms. The zero-order chi connectivity index (χ0) is 25.7. The topological polar surface area (TPSA) is 99.5 Å². The molecule has 184 valence electrons. The Hall–Kier alpha value is -3.29. The van der Waals surface area contributed by atoms with E-state index < -0.39 is 52.7 Å². The van der Waals surface area contributed by atoms with Gasteiger partial charge in [-0.2, -0.15) is 13.2 Å². The molecule has 3 aromatic rings. The number of pyridine rings is 1. The van der Waals surface area contributed by atoms with Crippen LogP contribution in [0.3, 0.4) is 0 Å². The molecule has 1 amide bonds. The second-order valence-electron chi connectivity index (χ2n) is 8.02. The van der Waals surface area contributed by atoms with Gasteiger partial charge in [-0.1, -0.05) is 0 Å². The second-order valence-corrected chi connectivity index (χ2v) is 8.88. The van der Waals surface area contributed by atoms with E-state index >= 15 is 0 Å². The van der Waals surface area contributed by atoms with Crippen molar-refractivity contribution in [2.45, 2.75) is 38.5 Å². The number of benzene rings is 1. The van der Waals surface area contributed by atoms with Crippen molar-refractivity contribution in [1.82, 2.24) is 9.97 Å². The second kappa shape index (κ2) is 9.06. The number of halogens is 5. The molecular formula is C22H17F5N4O3S. The molecule has 1 aliphatic rings. The number of hydroxylamine groups is 2. The summed E-state index contributed by atoms with van der Waals surface area (Å²) in [6.45, 7) is 3.16. The highest BCUT2D eigenvalue weighted by Gasteiger charge is 2.39. The van der Waals surface area contributed by atoms with Crippen molar-refractivity contribution in [1.29, 1.82) is 0 Å². The summed E-state index contributed by atoms with van der Waals surface area (Å²) in [5.74, 6) is -4.57. The van der Waals surface area contributed by atoms with Crippen molar-refractivity contribution in [3.63, 3.8) is 0 Å². The Morgan fingerprint density at radius 3 is 2.60 bits per heavy atom. The van der Waals surface area contributed by atoms with E-state index in [0.29, 0.717) is 17.2 Å². The van der Waals surface area contributed by atoms with Crippen molar-refractivity contribution in [2.75, 3.05) is 5.32 Å². The summed E-state index contributed by atoms with van der Waals surface area (Å²) in [4.78, 5) is 33.3. The van der Waals surface area contributed by atoms with Gasteiger partial charge in [0.2, 0.25) is 11.7 Å². The number of aromatic nitrogens is 2.